The third kappa shape index (κ3) is 7.33. The average molecular weight is 383 g/mol. The van der Waals surface area contributed by atoms with Crippen molar-refractivity contribution in [1.82, 2.24) is 15.5 Å². The number of nitrogens with zero attached hydrogens (tertiary/aromatic N) is 2. The fourth-order valence-corrected chi connectivity index (χ4v) is 3.58. The second-order valence-electron chi connectivity index (χ2n) is 6.73. The second-order valence-corrected chi connectivity index (χ2v) is 8.72. The van der Waals surface area contributed by atoms with Crippen molar-refractivity contribution in [2.45, 2.75) is 51.6 Å². The Labute approximate surface area is 159 Å². The predicted octanol–water partition coefficient (Wildman–Crippen LogP) is 2.18. The van der Waals surface area contributed by atoms with Gasteiger partial charge in [-0.3, -0.25) is 0 Å². The molecule has 0 aliphatic heterocycles. The molecule has 1 rings (SSSR count). The van der Waals surface area contributed by atoms with Crippen molar-refractivity contribution in [2.75, 3.05) is 32.9 Å². The van der Waals surface area contributed by atoms with Gasteiger partial charge in [0.05, 0.1) is 11.4 Å². The molecule has 26 heavy (non-hydrogen) atoms. The summed E-state index contributed by atoms with van der Waals surface area (Å²) < 4.78 is 23.4. The van der Waals surface area contributed by atoms with Crippen LogP contribution in [-0.4, -0.2) is 58.3 Å². The molecule has 0 aliphatic rings. The normalized spacial score (nSPS) is 13.7. The Bertz CT molecular complexity index is 701. The van der Waals surface area contributed by atoms with Gasteiger partial charge in [0, 0.05) is 31.9 Å². The van der Waals surface area contributed by atoms with E-state index in [9.17, 15) is 8.42 Å². The first-order chi connectivity index (χ1) is 12.2. The van der Waals surface area contributed by atoms with Gasteiger partial charge < -0.3 is 15.5 Å². The molecule has 0 saturated heterocycles. The van der Waals surface area contributed by atoms with E-state index in [-0.39, 0.29) is 0 Å². The van der Waals surface area contributed by atoms with Crippen LogP contribution in [0.5, 0.6) is 0 Å². The van der Waals surface area contributed by atoms with Crippen LogP contribution in [0, 0.1) is 6.92 Å². The van der Waals surface area contributed by atoms with Gasteiger partial charge in [0.1, 0.15) is 0 Å². The Kier molecular flexibility index (Phi) is 9.08. The van der Waals surface area contributed by atoms with Crippen molar-refractivity contribution in [3.05, 3.63) is 29.3 Å². The summed E-state index contributed by atoms with van der Waals surface area (Å²) in [6.07, 6.45) is 2.37. The van der Waals surface area contributed by atoms with Crippen LogP contribution < -0.4 is 10.6 Å². The molecule has 2 N–H and O–H groups in total. The van der Waals surface area contributed by atoms with E-state index in [2.05, 4.69) is 41.4 Å². The molecule has 0 aromatic heterocycles. The zero-order valence-electron chi connectivity index (χ0n) is 17.0. The molecule has 1 aromatic rings. The molecule has 1 atom stereocenters. The maximum atomic E-state index is 11.7. The van der Waals surface area contributed by atoms with Gasteiger partial charge in [-0.1, -0.05) is 19.1 Å². The van der Waals surface area contributed by atoms with Crippen LogP contribution in [-0.2, 0) is 16.4 Å². The lowest BCUT2D eigenvalue weighted by Crippen LogP contribution is -2.42. The largest absolute Gasteiger partial charge is 0.357 e. The number of likely N-dealkylation sites (N-methyl/N-ethyl adjacent to an activating group) is 1. The number of benzene rings is 1. The zero-order chi connectivity index (χ0) is 19.7. The molecule has 0 saturated carbocycles. The minimum atomic E-state index is -3.18. The van der Waals surface area contributed by atoms with Crippen LogP contribution in [0.15, 0.2) is 28.1 Å². The quantitative estimate of drug-likeness (QED) is 0.506. The molecule has 0 fully saturated rings. The number of nitrogens with one attached hydrogen (secondary N) is 2. The zero-order valence-corrected chi connectivity index (χ0v) is 17.8. The fourth-order valence-electron chi connectivity index (χ4n) is 2.62. The average Bonchev–Trinajstić information content (AvgIpc) is 2.57. The summed E-state index contributed by atoms with van der Waals surface area (Å²) in [5.74, 6) is 0.773. The van der Waals surface area contributed by atoms with Gasteiger partial charge in [0.2, 0.25) is 0 Å². The minimum Gasteiger partial charge on any atom is -0.357 e. The van der Waals surface area contributed by atoms with Crippen LogP contribution in [0.3, 0.4) is 0 Å². The number of guanidine groups is 1. The summed E-state index contributed by atoms with van der Waals surface area (Å²) in [4.78, 5) is 7.31. The summed E-state index contributed by atoms with van der Waals surface area (Å²) in [7, 11) is -1.05. The smallest absolute Gasteiger partial charge is 0.191 e. The van der Waals surface area contributed by atoms with Gasteiger partial charge in [-0.25, -0.2) is 13.4 Å². The van der Waals surface area contributed by atoms with E-state index in [0.29, 0.717) is 17.5 Å². The third-order valence-electron chi connectivity index (χ3n) is 4.50. The Hall–Kier alpha value is -1.60. The number of sulfone groups is 1. The third-order valence-corrected chi connectivity index (χ3v) is 5.76. The van der Waals surface area contributed by atoms with Crippen LogP contribution in [0.2, 0.25) is 0 Å². The van der Waals surface area contributed by atoms with Crippen molar-refractivity contribution < 1.29 is 8.42 Å². The molecule has 0 radical (unpaired) electrons. The van der Waals surface area contributed by atoms with Crippen molar-refractivity contribution in [2.24, 2.45) is 4.99 Å². The van der Waals surface area contributed by atoms with E-state index < -0.39 is 9.84 Å². The predicted molar refractivity (Wildman–Crippen MR) is 109 cm³/mol. The van der Waals surface area contributed by atoms with Gasteiger partial charge in [-0.05, 0) is 51.4 Å². The molecule has 0 amide bonds. The topological polar surface area (TPSA) is 73.8 Å². The van der Waals surface area contributed by atoms with Crippen molar-refractivity contribution in [3.8, 4) is 0 Å². The van der Waals surface area contributed by atoms with E-state index in [4.69, 9.17) is 0 Å². The summed E-state index contributed by atoms with van der Waals surface area (Å²) in [5.41, 5.74) is 1.75. The minimum absolute atomic E-state index is 0.378. The van der Waals surface area contributed by atoms with Gasteiger partial charge in [-0.2, -0.15) is 0 Å². The number of aliphatic imine (C=N–C) groups is 1. The van der Waals surface area contributed by atoms with Crippen LogP contribution in [0.4, 0.5) is 0 Å². The van der Waals surface area contributed by atoms with E-state index in [1.54, 1.807) is 6.07 Å². The van der Waals surface area contributed by atoms with Crippen molar-refractivity contribution >= 4 is 15.8 Å². The standard InChI is InChI=1S/C19H34N4O2S/c1-7-16(4)23(5)12-11-21-19(20-8-2)22-14-17-9-10-18(15(3)13-17)26(6,24)25/h9-10,13,16H,7-8,11-12,14H2,1-6H3,(H2,20,21,22). The van der Waals surface area contributed by atoms with Gasteiger partial charge in [0.15, 0.2) is 15.8 Å². The molecule has 0 aliphatic carbocycles. The van der Waals surface area contributed by atoms with E-state index in [1.807, 2.05) is 26.0 Å². The molecule has 0 heterocycles. The summed E-state index contributed by atoms with van der Waals surface area (Å²) in [6, 6.07) is 5.94. The van der Waals surface area contributed by atoms with Gasteiger partial charge in [0.25, 0.3) is 0 Å². The molecule has 7 heteroatoms. The number of aryl methyl sites for hydroxylation is 1. The molecule has 0 spiro atoms. The number of rotatable bonds is 9. The van der Waals surface area contributed by atoms with Crippen LogP contribution >= 0.6 is 0 Å². The van der Waals surface area contributed by atoms with Crippen LogP contribution in [0.1, 0.15) is 38.3 Å². The molecular weight excluding hydrogens is 348 g/mol. The van der Waals surface area contributed by atoms with Crippen molar-refractivity contribution in [1.29, 1.82) is 0 Å². The molecule has 6 nitrogen and oxygen atoms in total. The maximum Gasteiger partial charge on any atom is 0.191 e. The highest BCUT2D eigenvalue weighted by Gasteiger charge is 2.11. The molecule has 0 bridgehead atoms. The van der Waals surface area contributed by atoms with Crippen molar-refractivity contribution in [3.63, 3.8) is 0 Å². The summed E-state index contributed by atoms with van der Waals surface area (Å²) in [6.45, 7) is 11.3. The first kappa shape index (κ1) is 22.4. The Balaban J connectivity index is 2.70. The van der Waals surface area contributed by atoms with E-state index >= 15 is 0 Å². The lowest BCUT2D eigenvalue weighted by Gasteiger charge is -2.24. The molecule has 1 aromatic carbocycles. The lowest BCUT2D eigenvalue weighted by molar-refractivity contribution is 0.255. The van der Waals surface area contributed by atoms with E-state index in [1.165, 1.54) is 6.26 Å². The number of hydrogen-bond donors (Lipinski definition) is 2. The second kappa shape index (κ2) is 10.5. The van der Waals surface area contributed by atoms with Crippen LogP contribution in [0.25, 0.3) is 0 Å². The Morgan fingerprint density at radius 2 is 1.96 bits per heavy atom. The highest BCUT2D eigenvalue weighted by Crippen LogP contribution is 2.17. The van der Waals surface area contributed by atoms with Gasteiger partial charge in [-0.15, -0.1) is 0 Å². The maximum absolute atomic E-state index is 11.7. The first-order valence-corrected chi connectivity index (χ1v) is 11.1. The molecular formula is C19H34N4O2S. The lowest BCUT2D eigenvalue weighted by atomic mass is 10.1. The summed E-state index contributed by atoms with van der Waals surface area (Å²) in [5, 5.41) is 6.60. The highest BCUT2D eigenvalue weighted by molar-refractivity contribution is 7.90. The SMILES string of the molecule is CCNC(=NCc1ccc(S(C)(=O)=O)c(C)c1)NCCN(C)C(C)CC. The summed E-state index contributed by atoms with van der Waals surface area (Å²) >= 11 is 0. The fraction of sp³-hybridized carbons (Fsp3) is 0.632. The molecule has 1 unspecified atom stereocenters. The Morgan fingerprint density at radius 3 is 2.50 bits per heavy atom. The Morgan fingerprint density at radius 1 is 1.27 bits per heavy atom. The monoisotopic (exact) mass is 382 g/mol. The van der Waals surface area contributed by atoms with E-state index in [0.717, 1.165) is 43.1 Å². The number of hydrogen-bond acceptors (Lipinski definition) is 4. The first-order valence-electron chi connectivity index (χ1n) is 9.21. The highest BCUT2D eigenvalue weighted by atomic mass is 32.2. The van der Waals surface area contributed by atoms with Gasteiger partial charge >= 0.3 is 0 Å². The molecule has 148 valence electrons.